The Kier molecular flexibility index (Phi) is 14.5. The maximum Gasteiger partial charge on any atom is 0.326 e. The van der Waals surface area contributed by atoms with Gasteiger partial charge in [0, 0.05) is 12.3 Å². The number of amides is 3. The second kappa shape index (κ2) is 15.6. The predicted octanol–water partition coefficient (Wildman–Crippen LogP) is -2.78. The van der Waals surface area contributed by atoms with Crippen LogP contribution >= 0.6 is 24.4 Å². The van der Waals surface area contributed by atoms with E-state index in [0.717, 1.165) is 0 Å². The second-order valence-corrected chi connectivity index (χ2v) is 7.61. The molecule has 0 aromatic heterocycles. The molecule has 0 aliphatic heterocycles. The van der Waals surface area contributed by atoms with Gasteiger partial charge in [0.25, 0.3) is 0 Å². The number of nitrogens with one attached hydrogen (secondary N) is 3. The molecule has 0 spiro atoms. The van der Waals surface area contributed by atoms with Crippen molar-refractivity contribution in [3.05, 3.63) is 0 Å². The number of carbonyl (C=O) groups is 4. The minimum atomic E-state index is -1.23. The lowest BCUT2D eigenvalue weighted by Gasteiger charge is -2.20. The summed E-state index contributed by atoms with van der Waals surface area (Å²) in [6.07, 6.45) is 2.78. The van der Waals surface area contributed by atoms with Crippen molar-refractivity contribution in [1.29, 1.82) is 0 Å². The van der Waals surface area contributed by atoms with Gasteiger partial charge in [0.2, 0.25) is 17.7 Å². The van der Waals surface area contributed by atoms with E-state index in [1.54, 1.807) is 11.8 Å². The standard InChI is InChI=1S/C16H31N7O5S2/c1-30-6-4-9(17)13(25)21-7-12(24)22-11(8-29)14(26)23-10(15(27)28)3-2-5-20-16(18)19/h9-11,29H,2-8,17H2,1H3,(H,21,25)(H,22,24)(H,23,26)(H,27,28)(H4,18,19,20). The van der Waals surface area contributed by atoms with Crippen molar-refractivity contribution in [2.45, 2.75) is 37.4 Å². The largest absolute Gasteiger partial charge is 0.480 e. The molecule has 0 aliphatic carbocycles. The molecular formula is C16H31N7O5S2. The first kappa shape index (κ1) is 27.8. The monoisotopic (exact) mass is 465 g/mol. The number of guanidine groups is 1. The van der Waals surface area contributed by atoms with Crippen molar-refractivity contribution in [2.75, 3.05) is 30.9 Å². The number of carboxylic acid groups (broad SMARTS) is 1. The van der Waals surface area contributed by atoms with Gasteiger partial charge in [0.05, 0.1) is 12.6 Å². The lowest BCUT2D eigenvalue weighted by molar-refractivity contribution is -0.142. The van der Waals surface area contributed by atoms with Gasteiger partial charge in [-0.1, -0.05) is 0 Å². The Balaban J connectivity index is 4.58. The molecule has 0 saturated carbocycles. The van der Waals surface area contributed by atoms with E-state index in [9.17, 15) is 24.3 Å². The number of thiol groups is 1. The summed E-state index contributed by atoms with van der Waals surface area (Å²) in [6, 6.07) is -2.99. The Bertz CT molecular complexity index is 617. The predicted molar refractivity (Wildman–Crippen MR) is 119 cm³/mol. The number of carbonyl (C=O) groups excluding carboxylic acids is 3. The van der Waals surface area contributed by atoms with E-state index in [1.807, 2.05) is 6.26 Å². The summed E-state index contributed by atoms with van der Waals surface area (Å²) >= 11 is 5.56. The van der Waals surface area contributed by atoms with Crippen LogP contribution < -0.4 is 33.2 Å². The van der Waals surface area contributed by atoms with Crippen molar-refractivity contribution < 1.29 is 24.3 Å². The molecule has 0 radical (unpaired) electrons. The molecule has 3 unspecified atom stereocenters. The molecule has 0 aromatic carbocycles. The molecule has 0 fully saturated rings. The average molecular weight is 466 g/mol. The fourth-order valence-corrected chi connectivity index (χ4v) is 2.89. The van der Waals surface area contributed by atoms with Gasteiger partial charge in [0.1, 0.15) is 12.1 Å². The summed E-state index contributed by atoms with van der Waals surface area (Å²) in [4.78, 5) is 51.2. The highest BCUT2D eigenvalue weighted by Crippen LogP contribution is 2.01. The molecule has 0 bridgehead atoms. The van der Waals surface area contributed by atoms with Crippen molar-refractivity contribution in [2.24, 2.45) is 22.2 Å². The fourth-order valence-electron chi connectivity index (χ4n) is 2.15. The highest BCUT2D eigenvalue weighted by Gasteiger charge is 2.25. The maximum atomic E-state index is 12.3. The lowest BCUT2D eigenvalue weighted by atomic mass is 10.1. The number of nitrogens with two attached hydrogens (primary N) is 3. The summed E-state index contributed by atoms with van der Waals surface area (Å²) in [6.45, 7) is -0.155. The highest BCUT2D eigenvalue weighted by molar-refractivity contribution is 7.98. The van der Waals surface area contributed by atoms with Crippen molar-refractivity contribution >= 4 is 54.0 Å². The zero-order chi connectivity index (χ0) is 23.1. The van der Waals surface area contributed by atoms with Crippen LogP contribution in [0.15, 0.2) is 4.99 Å². The average Bonchev–Trinajstić information content (AvgIpc) is 2.69. The summed E-state index contributed by atoms with van der Waals surface area (Å²) in [5.41, 5.74) is 16.1. The van der Waals surface area contributed by atoms with Crippen LogP contribution in [0.1, 0.15) is 19.3 Å². The number of hydrogen-bond acceptors (Lipinski definition) is 8. The third-order valence-electron chi connectivity index (χ3n) is 3.79. The van der Waals surface area contributed by atoms with E-state index in [0.29, 0.717) is 18.6 Å². The molecule has 30 heavy (non-hydrogen) atoms. The lowest BCUT2D eigenvalue weighted by Crippen LogP contribution is -2.54. The Morgan fingerprint density at radius 3 is 2.30 bits per heavy atom. The number of aliphatic carboxylic acids is 1. The third-order valence-corrected chi connectivity index (χ3v) is 4.80. The van der Waals surface area contributed by atoms with Crippen molar-refractivity contribution in [3.63, 3.8) is 0 Å². The number of rotatable bonds is 15. The second-order valence-electron chi connectivity index (χ2n) is 6.26. The first-order valence-corrected chi connectivity index (χ1v) is 11.2. The van der Waals surface area contributed by atoms with Crippen LogP contribution in [0.25, 0.3) is 0 Å². The first-order chi connectivity index (χ1) is 14.1. The van der Waals surface area contributed by atoms with Gasteiger partial charge in [-0.15, -0.1) is 0 Å². The number of carboxylic acids is 1. The van der Waals surface area contributed by atoms with Gasteiger partial charge in [-0.2, -0.15) is 24.4 Å². The van der Waals surface area contributed by atoms with Gasteiger partial charge in [-0.25, -0.2) is 4.79 Å². The minimum absolute atomic E-state index is 0.0703. The number of aliphatic imine (C=N–C) groups is 1. The molecule has 3 atom stereocenters. The number of nitrogens with zero attached hydrogens (tertiary/aromatic N) is 1. The van der Waals surface area contributed by atoms with Crippen LogP contribution in [-0.2, 0) is 19.2 Å². The zero-order valence-electron chi connectivity index (χ0n) is 16.8. The molecule has 14 heteroatoms. The fraction of sp³-hybridized carbons (Fsp3) is 0.688. The Hall–Kier alpha value is -2.19. The van der Waals surface area contributed by atoms with Crippen LogP contribution in [0.3, 0.4) is 0 Å². The third kappa shape index (κ3) is 12.4. The molecule has 10 N–H and O–H groups in total. The van der Waals surface area contributed by atoms with Crippen LogP contribution in [-0.4, -0.2) is 83.7 Å². The molecule has 0 aliphatic rings. The quantitative estimate of drug-likeness (QED) is 0.0542. The molecular weight excluding hydrogens is 434 g/mol. The van der Waals surface area contributed by atoms with Crippen LogP contribution in [0, 0.1) is 0 Å². The van der Waals surface area contributed by atoms with Crippen LogP contribution in [0.4, 0.5) is 0 Å². The van der Waals surface area contributed by atoms with Crippen molar-refractivity contribution in [3.8, 4) is 0 Å². The molecule has 0 heterocycles. The normalized spacial score (nSPS) is 13.4. The van der Waals surface area contributed by atoms with E-state index in [4.69, 9.17) is 17.2 Å². The van der Waals surface area contributed by atoms with Gasteiger partial charge in [-0.05, 0) is 31.3 Å². The van der Waals surface area contributed by atoms with Gasteiger partial charge in [-0.3, -0.25) is 19.4 Å². The Labute approximate surface area is 184 Å². The summed E-state index contributed by atoms with van der Waals surface area (Å²) in [5, 5.41) is 16.4. The molecule has 0 aromatic rings. The van der Waals surface area contributed by atoms with E-state index < -0.39 is 41.8 Å². The van der Waals surface area contributed by atoms with Gasteiger partial charge in [0.15, 0.2) is 5.96 Å². The van der Waals surface area contributed by atoms with E-state index in [-0.39, 0.29) is 31.2 Å². The van der Waals surface area contributed by atoms with Gasteiger partial charge < -0.3 is 38.3 Å². The van der Waals surface area contributed by atoms with E-state index in [1.165, 1.54) is 0 Å². The van der Waals surface area contributed by atoms with E-state index >= 15 is 0 Å². The molecule has 0 rings (SSSR count). The van der Waals surface area contributed by atoms with Crippen LogP contribution in [0.2, 0.25) is 0 Å². The Morgan fingerprint density at radius 2 is 1.77 bits per heavy atom. The minimum Gasteiger partial charge on any atom is -0.480 e. The topological polar surface area (TPSA) is 215 Å². The molecule has 172 valence electrons. The smallest absolute Gasteiger partial charge is 0.326 e. The molecule has 0 saturated heterocycles. The Morgan fingerprint density at radius 1 is 1.10 bits per heavy atom. The van der Waals surface area contributed by atoms with Crippen molar-refractivity contribution in [1.82, 2.24) is 16.0 Å². The summed E-state index contributed by atoms with van der Waals surface area (Å²) in [7, 11) is 0. The first-order valence-electron chi connectivity index (χ1n) is 9.13. The SMILES string of the molecule is CSCCC(N)C(=O)NCC(=O)NC(CS)C(=O)NC(CCCN=C(N)N)C(=O)O. The molecule has 12 nitrogen and oxygen atoms in total. The van der Waals surface area contributed by atoms with E-state index in [2.05, 4.69) is 33.6 Å². The summed E-state index contributed by atoms with van der Waals surface area (Å²) in [5.74, 6) is -2.52. The highest BCUT2D eigenvalue weighted by atomic mass is 32.2. The number of hydrogen-bond donors (Lipinski definition) is 8. The number of thioether (sulfide) groups is 1. The summed E-state index contributed by atoms with van der Waals surface area (Å²) < 4.78 is 0. The molecule has 3 amide bonds. The van der Waals surface area contributed by atoms with Crippen LogP contribution in [0.5, 0.6) is 0 Å². The zero-order valence-corrected chi connectivity index (χ0v) is 18.5. The maximum absolute atomic E-state index is 12.3. The van der Waals surface area contributed by atoms with Gasteiger partial charge >= 0.3 is 5.97 Å².